The maximum absolute atomic E-state index is 12.2. The van der Waals surface area contributed by atoms with Crippen molar-refractivity contribution >= 4 is 11.5 Å². The van der Waals surface area contributed by atoms with Gasteiger partial charge in [-0.15, -0.1) is 0 Å². The van der Waals surface area contributed by atoms with Crippen LogP contribution in [0.3, 0.4) is 0 Å². The zero-order valence-corrected chi connectivity index (χ0v) is 10.3. The van der Waals surface area contributed by atoms with Crippen molar-refractivity contribution in [1.29, 1.82) is 0 Å². The van der Waals surface area contributed by atoms with Gasteiger partial charge in [-0.1, -0.05) is 6.92 Å². The Morgan fingerprint density at radius 3 is 2.26 bits per heavy atom. The number of carbonyl (C=O) groups excluding carboxylic acids is 1. The summed E-state index contributed by atoms with van der Waals surface area (Å²) in [5.74, 6) is -0.370. The van der Waals surface area contributed by atoms with Crippen molar-refractivity contribution in [3.63, 3.8) is 0 Å². The van der Waals surface area contributed by atoms with E-state index in [0.717, 1.165) is 5.56 Å². The highest BCUT2D eigenvalue weighted by atomic mass is 16.6. The first kappa shape index (κ1) is 12.9. The second-order valence-electron chi connectivity index (χ2n) is 4.17. The van der Waals surface area contributed by atoms with Gasteiger partial charge >= 0.3 is 0 Å². The van der Waals surface area contributed by atoms with Gasteiger partial charge in [-0.3, -0.25) is 19.9 Å². The first-order valence-electron chi connectivity index (χ1n) is 5.78. The number of nitro groups is 1. The summed E-state index contributed by atoms with van der Waals surface area (Å²) in [6.45, 7) is 1.80. The van der Waals surface area contributed by atoms with Gasteiger partial charge in [0, 0.05) is 36.0 Å². The summed E-state index contributed by atoms with van der Waals surface area (Å²) in [6, 6.07) is 9.22. The van der Waals surface area contributed by atoms with Crippen molar-refractivity contribution in [2.24, 2.45) is 0 Å². The zero-order valence-electron chi connectivity index (χ0n) is 10.3. The molecule has 0 bridgehead atoms. The van der Waals surface area contributed by atoms with Gasteiger partial charge in [-0.05, 0) is 29.8 Å². The largest absolute Gasteiger partial charge is 0.294 e. The van der Waals surface area contributed by atoms with Crippen molar-refractivity contribution in [2.45, 2.75) is 12.8 Å². The topological polar surface area (TPSA) is 73.1 Å². The summed E-state index contributed by atoms with van der Waals surface area (Å²) in [6.07, 6.45) is 3.27. The van der Waals surface area contributed by atoms with E-state index in [1.165, 1.54) is 24.3 Å². The molecular formula is C14H12N2O3. The van der Waals surface area contributed by atoms with Gasteiger partial charge in [0.15, 0.2) is 5.78 Å². The average Bonchev–Trinajstić information content (AvgIpc) is 2.46. The van der Waals surface area contributed by atoms with Crippen LogP contribution in [-0.4, -0.2) is 15.7 Å². The van der Waals surface area contributed by atoms with Crippen LogP contribution in [0.5, 0.6) is 0 Å². The van der Waals surface area contributed by atoms with Gasteiger partial charge in [0.1, 0.15) is 0 Å². The Hall–Kier alpha value is -2.56. The Bertz CT molecular complexity index is 594. The second kappa shape index (κ2) is 5.39. The van der Waals surface area contributed by atoms with E-state index in [9.17, 15) is 14.9 Å². The lowest BCUT2D eigenvalue weighted by atomic mass is 9.93. The predicted molar refractivity (Wildman–Crippen MR) is 70.1 cm³/mol. The molecule has 19 heavy (non-hydrogen) atoms. The van der Waals surface area contributed by atoms with Gasteiger partial charge in [-0.2, -0.15) is 0 Å². The zero-order chi connectivity index (χ0) is 13.8. The third-order valence-electron chi connectivity index (χ3n) is 2.96. The molecule has 2 aromatic rings. The Kier molecular flexibility index (Phi) is 3.66. The quantitative estimate of drug-likeness (QED) is 0.479. The number of aromatic nitrogens is 1. The highest BCUT2D eigenvalue weighted by Gasteiger charge is 2.17. The third kappa shape index (κ3) is 2.82. The van der Waals surface area contributed by atoms with Crippen molar-refractivity contribution in [2.75, 3.05) is 0 Å². The molecule has 0 radical (unpaired) electrons. The Morgan fingerprint density at radius 2 is 1.74 bits per heavy atom. The molecule has 5 nitrogen and oxygen atoms in total. The molecule has 0 aliphatic heterocycles. The molecule has 0 saturated carbocycles. The minimum atomic E-state index is -0.486. The first-order valence-corrected chi connectivity index (χ1v) is 5.78. The number of pyridine rings is 1. The summed E-state index contributed by atoms with van der Waals surface area (Å²) in [5, 5.41) is 10.6. The van der Waals surface area contributed by atoms with E-state index in [-0.39, 0.29) is 17.4 Å². The molecular weight excluding hydrogens is 244 g/mol. The number of Topliss-reactive ketones (excluding diaryl/α,β-unsaturated/α-hetero) is 1. The molecule has 1 atom stereocenters. The predicted octanol–water partition coefficient (Wildman–Crippen LogP) is 2.98. The smallest absolute Gasteiger partial charge is 0.269 e. The van der Waals surface area contributed by atoms with E-state index in [1.54, 1.807) is 31.5 Å². The number of carbonyl (C=O) groups is 1. The standard InChI is InChI=1S/C14H12N2O3/c1-10(11-6-8-15-9-7-11)14(17)12-2-4-13(5-3-12)16(18)19/h2-10H,1H3. The van der Waals surface area contributed by atoms with Crippen LogP contribution < -0.4 is 0 Å². The minimum absolute atomic E-state index is 0.0203. The number of hydrogen-bond donors (Lipinski definition) is 0. The maximum atomic E-state index is 12.2. The van der Waals surface area contributed by atoms with Crippen molar-refractivity contribution < 1.29 is 9.72 Å². The molecule has 0 aliphatic carbocycles. The lowest BCUT2D eigenvalue weighted by Crippen LogP contribution is -2.09. The first-order chi connectivity index (χ1) is 9.09. The van der Waals surface area contributed by atoms with Crippen LogP contribution in [0.15, 0.2) is 48.8 Å². The second-order valence-corrected chi connectivity index (χ2v) is 4.17. The van der Waals surface area contributed by atoms with E-state index < -0.39 is 4.92 Å². The van der Waals surface area contributed by atoms with Crippen LogP contribution in [0.4, 0.5) is 5.69 Å². The summed E-state index contributed by atoms with van der Waals surface area (Å²) in [4.78, 5) is 26.2. The molecule has 1 aromatic heterocycles. The van der Waals surface area contributed by atoms with E-state index >= 15 is 0 Å². The minimum Gasteiger partial charge on any atom is -0.294 e. The molecule has 0 saturated heterocycles. The fourth-order valence-corrected chi connectivity index (χ4v) is 1.80. The number of nitro benzene ring substituents is 1. The lowest BCUT2D eigenvalue weighted by molar-refractivity contribution is -0.384. The number of rotatable bonds is 4. The fourth-order valence-electron chi connectivity index (χ4n) is 1.80. The monoisotopic (exact) mass is 256 g/mol. The van der Waals surface area contributed by atoms with Crippen LogP contribution in [0, 0.1) is 10.1 Å². The molecule has 1 aromatic carbocycles. The fraction of sp³-hybridized carbons (Fsp3) is 0.143. The van der Waals surface area contributed by atoms with Crippen LogP contribution in [-0.2, 0) is 0 Å². The Labute approximate surface area is 110 Å². The molecule has 2 rings (SSSR count). The highest BCUT2D eigenvalue weighted by Crippen LogP contribution is 2.21. The lowest BCUT2D eigenvalue weighted by Gasteiger charge is -2.10. The van der Waals surface area contributed by atoms with Crippen molar-refractivity contribution in [3.05, 3.63) is 70.0 Å². The van der Waals surface area contributed by atoms with Gasteiger partial charge < -0.3 is 0 Å². The van der Waals surface area contributed by atoms with Crippen molar-refractivity contribution in [3.8, 4) is 0 Å². The number of non-ortho nitro benzene ring substituents is 1. The SMILES string of the molecule is CC(C(=O)c1ccc([N+](=O)[O-])cc1)c1ccncc1. The molecule has 96 valence electrons. The Balaban J connectivity index is 2.22. The van der Waals surface area contributed by atoms with E-state index in [4.69, 9.17) is 0 Å². The highest BCUT2D eigenvalue weighted by molar-refractivity contribution is 6.00. The summed E-state index contributed by atoms with van der Waals surface area (Å²) >= 11 is 0. The summed E-state index contributed by atoms with van der Waals surface area (Å²) in [7, 11) is 0. The summed E-state index contributed by atoms with van der Waals surface area (Å²) in [5.41, 5.74) is 1.32. The number of benzene rings is 1. The molecule has 1 heterocycles. The number of ketones is 1. The van der Waals surface area contributed by atoms with E-state index in [0.29, 0.717) is 5.56 Å². The van der Waals surface area contributed by atoms with Crippen LogP contribution in [0.1, 0.15) is 28.8 Å². The van der Waals surface area contributed by atoms with Gasteiger partial charge in [0.05, 0.1) is 4.92 Å². The Morgan fingerprint density at radius 1 is 1.16 bits per heavy atom. The van der Waals surface area contributed by atoms with Gasteiger partial charge in [0.25, 0.3) is 5.69 Å². The van der Waals surface area contributed by atoms with E-state index in [1.807, 2.05) is 0 Å². The van der Waals surface area contributed by atoms with Crippen molar-refractivity contribution in [1.82, 2.24) is 4.98 Å². The molecule has 5 heteroatoms. The third-order valence-corrected chi connectivity index (χ3v) is 2.96. The molecule has 0 aliphatic rings. The van der Waals surface area contributed by atoms with Crippen LogP contribution in [0.25, 0.3) is 0 Å². The molecule has 0 N–H and O–H groups in total. The average molecular weight is 256 g/mol. The maximum Gasteiger partial charge on any atom is 0.269 e. The van der Waals surface area contributed by atoms with Crippen LogP contribution >= 0.6 is 0 Å². The summed E-state index contributed by atoms with van der Waals surface area (Å²) < 4.78 is 0. The van der Waals surface area contributed by atoms with E-state index in [2.05, 4.69) is 4.98 Å². The van der Waals surface area contributed by atoms with Crippen LogP contribution in [0.2, 0.25) is 0 Å². The van der Waals surface area contributed by atoms with Gasteiger partial charge in [-0.25, -0.2) is 0 Å². The number of nitrogens with zero attached hydrogens (tertiary/aromatic N) is 2. The molecule has 0 spiro atoms. The molecule has 0 fully saturated rings. The van der Waals surface area contributed by atoms with Gasteiger partial charge in [0.2, 0.25) is 0 Å². The molecule has 0 amide bonds. The normalized spacial score (nSPS) is 11.8. The molecule has 1 unspecified atom stereocenters. The number of hydrogen-bond acceptors (Lipinski definition) is 4.